The first kappa shape index (κ1) is 27.5. The molecule has 9 nitrogen and oxygen atoms in total. The molecule has 2 aromatic heterocycles. The number of hydrogen-bond donors (Lipinski definition) is 2. The van der Waals surface area contributed by atoms with Crippen LogP contribution in [0.25, 0.3) is 11.0 Å². The lowest BCUT2D eigenvalue weighted by Crippen LogP contribution is -2.34. The van der Waals surface area contributed by atoms with Crippen LogP contribution in [0.5, 0.6) is 0 Å². The van der Waals surface area contributed by atoms with Crippen LogP contribution in [-0.4, -0.2) is 45.3 Å². The molecule has 0 fully saturated rings. The topological polar surface area (TPSA) is 113 Å². The van der Waals surface area contributed by atoms with E-state index in [9.17, 15) is 9.59 Å². The van der Waals surface area contributed by atoms with E-state index in [4.69, 9.17) is 15.1 Å². The molecule has 0 bridgehead atoms. The predicted molar refractivity (Wildman–Crippen MR) is 153 cm³/mol. The number of ether oxygens (including phenoxy) is 1. The normalized spacial score (nSPS) is 11.0. The number of esters is 1. The zero-order chi connectivity index (χ0) is 27.9. The maximum Gasteiger partial charge on any atom is 0.307 e. The van der Waals surface area contributed by atoms with E-state index in [-0.39, 0.29) is 37.4 Å². The highest BCUT2D eigenvalue weighted by atomic mass is 16.5. The Labute approximate surface area is 228 Å². The van der Waals surface area contributed by atoms with Gasteiger partial charge in [0.15, 0.2) is 0 Å². The van der Waals surface area contributed by atoms with Crippen molar-refractivity contribution < 1.29 is 14.3 Å². The van der Waals surface area contributed by atoms with Crippen molar-refractivity contribution in [1.82, 2.24) is 14.5 Å². The van der Waals surface area contributed by atoms with Crippen LogP contribution < -0.4 is 10.2 Å². The Kier molecular flexibility index (Phi) is 8.70. The smallest absolute Gasteiger partial charge is 0.307 e. The summed E-state index contributed by atoms with van der Waals surface area (Å²) in [5.41, 5.74) is 4.53. The number of nitrogens with one attached hydrogen (secondary N) is 2. The van der Waals surface area contributed by atoms with Gasteiger partial charge in [-0.2, -0.15) is 0 Å². The third kappa shape index (κ3) is 6.49. The van der Waals surface area contributed by atoms with Crippen LogP contribution in [0.2, 0.25) is 0 Å². The summed E-state index contributed by atoms with van der Waals surface area (Å²) in [5.74, 6) is 0.827. The average Bonchev–Trinajstić information content (AvgIpc) is 3.26. The van der Waals surface area contributed by atoms with Crippen molar-refractivity contribution in [2.75, 3.05) is 23.4 Å². The fourth-order valence-corrected chi connectivity index (χ4v) is 4.25. The number of aromatic nitrogens is 3. The zero-order valence-electron chi connectivity index (χ0n) is 22.8. The average molecular weight is 527 g/mol. The highest BCUT2D eigenvalue weighted by Crippen LogP contribution is 2.21. The van der Waals surface area contributed by atoms with Gasteiger partial charge in [0, 0.05) is 36.8 Å². The van der Waals surface area contributed by atoms with Crippen LogP contribution in [0.4, 0.5) is 11.5 Å². The van der Waals surface area contributed by atoms with Crippen molar-refractivity contribution in [2.45, 2.75) is 33.7 Å². The molecular weight excluding hydrogens is 492 g/mol. The van der Waals surface area contributed by atoms with Crippen molar-refractivity contribution in [2.24, 2.45) is 13.0 Å². The van der Waals surface area contributed by atoms with Gasteiger partial charge in [0.25, 0.3) is 5.91 Å². The number of carbonyl (C=O) groups is 2. The number of rotatable bonds is 11. The van der Waals surface area contributed by atoms with E-state index in [0.29, 0.717) is 29.2 Å². The molecular formula is C30H34N6O3. The molecule has 2 aromatic carbocycles. The third-order valence-corrected chi connectivity index (χ3v) is 6.46. The van der Waals surface area contributed by atoms with E-state index in [1.165, 1.54) is 4.90 Å². The van der Waals surface area contributed by atoms with Gasteiger partial charge in [-0.05, 0) is 60.9 Å². The summed E-state index contributed by atoms with van der Waals surface area (Å²) in [6.45, 7) is 6.71. The molecule has 0 aliphatic heterocycles. The van der Waals surface area contributed by atoms with Gasteiger partial charge in [-0.3, -0.25) is 14.5 Å². The van der Waals surface area contributed by atoms with Gasteiger partial charge in [0.2, 0.25) is 0 Å². The number of hydrogen-bond acceptors (Lipinski definition) is 7. The molecule has 2 N–H and O–H groups in total. The molecule has 202 valence electrons. The van der Waals surface area contributed by atoms with Crippen LogP contribution in [0.15, 0.2) is 66.9 Å². The van der Waals surface area contributed by atoms with E-state index in [1.54, 1.807) is 43.5 Å². The minimum absolute atomic E-state index is 0.0669. The Morgan fingerprint density at radius 3 is 2.49 bits per heavy atom. The first-order chi connectivity index (χ1) is 18.8. The number of amides is 1. The Balaban J connectivity index is 1.52. The fraction of sp³-hybridized carbons (Fsp3) is 0.300. The second-order valence-corrected chi connectivity index (χ2v) is 9.49. The molecule has 4 aromatic rings. The molecule has 39 heavy (non-hydrogen) atoms. The van der Waals surface area contributed by atoms with Gasteiger partial charge in [-0.15, -0.1) is 0 Å². The standard InChI is InChI=1S/C30H34N6O3/c1-5-39-28(37)15-17-36(26-8-6-7-16-32-26)30(38)22-11-14-25-24(18-22)34-27(35(25)4)19-33-23-12-9-21(10-13-23)29(31)20(2)3/h6-14,16,18,20,31,33H,5,15,17,19H2,1-4H3. The molecule has 0 aliphatic rings. The molecule has 0 saturated heterocycles. The van der Waals surface area contributed by atoms with Crippen molar-refractivity contribution in [3.05, 3.63) is 83.8 Å². The maximum absolute atomic E-state index is 13.6. The van der Waals surface area contributed by atoms with Crippen LogP contribution in [0.3, 0.4) is 0 Å². The highest BCUT2D eigenvalue weighted by molar-refractivity contribution is 6.07. The number of nitrogens with zero attached hydrogens (tertiary/aromatic N) is 4. The number of fused-ring (bicyclic) bond motifs is 1. The zero-order valence-corrected chi connectivity index (χ0v) is 22.8. The summed E-state index contributed by atoms with van der Waals surface area (Å²) in [6.07, 6.45) is 1.68. The molecule has 1 amide bonds. The summed E-state index contributed by atoms with van der Waals surface area (Å²) < 4.78 is 7.04. The second kappa shape index (κ2) is 12.3. The Morgan fingerprint density at radius 2 is 1.82 bits per heavy atom. The third-order valence-electron chi connectivity index (χ3n) is 6.46. The van der Waals surface area contributed by atoms with E-state index < -0.39 is 0 Å². The largest absolute Gasteiger partial charge is 0.466 e. The number of pyridine rings is 1. The van der Waals surface area contributed by atoms with E-state index in [2.05, 4.69) is 10.3 Å². The quantitative estimate of drug-likeness (QED) is 0.205. The van der Waals surface area contributed by atoms with Gasteiger partial charge in [0.05, 0.1) is 30.6 Å². The van der Waals surface area contributed by atoms with Gasteiger partial charge >= 0.3 is 5.97 Å². The van der Waals surface area contributed by atoms with Crippen molar-refractivity contribution in [3.63, 3.8) is 0 Å². The number of imidazole rings is 1. The van der Waals surface area contributed by atoms with E-state index >= 15 is 0 Å². The summed E-state index contributed by atoms with van der Waals surface area (Å²) in [4.78, 5) is 36.1. The minimum atomic E-state index is -0.364. The lowest BCUT2D eigenvalue weighted by Gasteiger charge is -2.21. The first-order valence-electron chi connectivity index (χ1n) is 13.0. The molecule has 0 spiro atoms. The summed E-state index contributed by atoms with van der Waals surface area (Å²) >= 11 is 0. The number of aryl methyl sites for hydroxylation is 1. The minimum Gasteiger partial charge on any atom is -0.466 e. The molecule has 9 heteroatoms. The van der Waals surface area contributed by atoms with Crippen LogP contribution in [-0.2, 0) is 23.1 Å². The van der Waals surface area contributed by atoms with E-state index in [0.717, 1.165) is 22.6 Å². The van der Waals surface area contributed by atoms with Crippen molar-refractivity contribution in [1.29, 1.82) is 5.41 Å². The fourth-order valence-electron chi connectivity index (χ4n) is 4.25. The lowest BCUT2D eigenvalue weighted by atomic mass is 10.0. The molecule has 0 aliphatic carbocycles. The second-order valence-electron chi connectivity index (χ2n) is 9.49. The lowest BCUT2D eigenvalue weighted by molar-refractivity contribution is -0.142. The summed E-state index contributed by atoms with van der Waals surface area (Å²) in [7, 11) is 1.94. The monoisotopic (exact) mass is 526 g/mol. The number of benzene rings is 2. The van der Waals surface area contributed by atoms with Gasteiger partial charge in [-0.25, -0.2) is 9.97 Å². The number of carbonyl (C=O) groups excluding carboxylic acids is 2. The van der Waals surface area contributed by atoms with E-state index in [1.807, 2.05) is 55.8 Å². The Morgan fingerprint density at radius 1 is 1.08 bits per heavy atom. The highest BCUT2D eigenvalue weighted by Gasteiger charge is 2.21. The first-order valence-corrected chi connectivity index (χ1v) is 13.0. The van der Waals surface area contributed by atoms with Gasteiger partial charge < -0.3 is 20.0 Å². The van der Waals surface area contributed by atoms with Crippen molar-refractivity contribution >= 4 is 40.1 Å². The summed E-state index contributed by atoms with van der Waals surface area (Å²) in [6, 6.07) is 18.6. The Bertz CT molecular complexity index is 1460. The summed E-state index contributed by atoms with van der Waals surface area (Å²) in [5, 5.41) is 11.6. The van der Waals surface area contributed by atoms with Gasteiger partial charge in [-0.1, -0.05) is 32.0 Å². The van der Waals surface area contributed by atoms with Crippen molar-refractivity contribution in [3.8, 4) is 0 Å². The molecule has 0 radical (unpaired) electrons. The Hall–Kier alpha value is -4.53. The molecule has 0 unspecified atom stereocenters. The maximum atomic E-state index is 13.6. The van der Waals surface area contributed by atoms with Crippen LogP contribution in [0.1, 0.15) is 48.9 Å². The van der Waals surface area contributed by atoms with Crippen LogP contribution >= 0.6 is 0 Å². The SMILES string of the molecule is CCOC(=O)CCN(C(=O)c1ccc2c(c1)nc(CNc1ccc(C(=N)C(C)C)cc1)n2C)c1ccccn1. The van der Waals surface area contributed by atoms with Crippen LogP contribution in [0, 0.1) is 11.3 Å². The van der Waals surface area contributed by atoms with Gasteiger partial charge in [0.1, 0.15) is 11.6 Å². The molecule has 0 saturated carbocycles. The number of anilines is 2. The molecule has 4 rings (SSSR count). The molecule has 2 heterocycles. The predicted octanol–water partition coefficient (Wildman–Crippen LogP) is 5.20. The molecule has 0 atom stereocenters.